The lowest BCUT2D eigenvalue weighted by Gasteiger charge is -2.31. The first-order valence-corrected chi connectivity index (χ1v) is 9.84. The molecule has 1 aliphatic heterocycles. The predicted octanol–water partition coefficient (Wildman–Crippen LogP) is 4.61. The van der Waals surface area contributed by atoms with E-state index in [2.05, 4.69) is 27.4 Å². The quantitative estimate of drug-likeness (QED) is 0.383. The number of aromatic nitrogens is 2. The molecule has 0 saturated heterocycles. The van der Waals surface area contributed by atoms with Crippen molar-refractivity contribution in [2.75, 3.05) is 5.32 Å². The number of pyridine rings is 2. The zero-order valence-corrected chi connectivity index (χ0v) is 15.9. The van der Waals surface area contributed by atoms with Crippen LogP contribution in [-0.4, -0.2) is 9.97 Å². The van der Waals surface area contributed by atoms with Crippen LogP contribution in [-0.2, 0) is 0 Å². The van der Waals surface area contributed by atoms with Gasteiger partial charge < -0.3 is 15.3 Å². The third-order valence-electron chi connectivity index (χ3n) is 5.90. The van der Waals surface area contributed by atoms with Crippen LogP contribution in [0.2, 0.25) is 0 Å². The van der Waals surface area contributed by atoms with Crippen molar-refractivity contribution in [3.63, 3.8) is 0 Å². The monoisotopic (exact) mass is 391 g/mol. The summed E-state index contributed by atoms with van der Waals surface area (Å²) in [6.45, 7) is 0. The van der Waals surface area contributed by atoms with E-state index in [0.29, 0.717) is 22.4 Å². The van der Waals surface area contributed by atoms with Gasteiger partial charge >= 0.3 is 0 Å². The lowest BCUT2D eigenvalue weighted by atomic mass is 9.79. The fourth-order valence-corrected chi connectivity index (χ4v) is 4.64. The van der Waals surface area contributed by atoms with Gasteiger partial charge in [-0.25, -0.2) is 0 Å². The Labute approximate surface area is 171 Å². The molecule has 0 spiro atoms. The average molecular weight is 391 g/mol. The van der Waals surface area contributed by atoms with E-state index in [9.17, 15) is 9.59 Å². The van der Waals surface area contributed by atoms with Crippen LogP contribution in [0, 0.1) is 0 Å². The highest BCUT2D eigenvalue weighted by atomic mass is 16.1. The van der Waals surface area contributed by atoms with E-state index in [1.54, 1.807) is 0 Å². The van der Waals surface area contributed by atoms with E-state index in [4.69, 9.17) is 0 Å². The summed E-state index contributed by atoms with van der Waals surface area (Å²) in [5.41, 5.74) is 2.78. The molecule has 0 fully saturated rings. The van der Waals surface area contributed by atoms with Gasteiger partial charge in [0.25, 0.3) is 11.1 Å². The van der Waals surface area contributed by atoms with Crippen molar-refractivity contribution in [2.45, 2.75) is 5.92 Å². The number of rotatable bonds is 1. The maximum atomic E-state index is 12.7. The van der Waals surface area contributed by atoms with Gasteiger partial charge in [-0.2, -0.15) is 0 Å². The van der Waals surface area contributed by atoms with Crippen LogP contribution in [0.1, 0.15) is 22.6 Å². The van der Waals surface area contributed by atoms with E-state index in [1.807, 2.05) is 66.7 Å². The zero-order chi connectivity index (χ0) is 20.2. The molecule has 2 aromatic heterocycles. The SMILES string of the molecule is O=c1[nH]c2c(c3ccccc13)C(c1ccccc1)c1c([nH]c(=O)c3ccccc13)N2. The largest absolute Gasteiger partial charge is 0.327 e. The molecule has 3 heterocycles. The van der Waals surface area contributed by atoms with E-state index >= 15 is 0 Å². The minimum absolute atomic E-state index is 0.152. The number of benzene rings is 3. The molecule has 5 aromatic rings. The van der Waals surface area contributed by atoms with Gasteiger partial charge in [0.15, 0.2) is 0 Å². The Morgan fingerprint density at radius 1 is 0.533 bits per heavy atom. The van der Waals surface area contributed by atoms with Gasteiger partial charge in [-0.15, -0.1) is 0 Å². The van der Waals surface area contributed by atoms with Gasteiger partial charge in [-0.05, 0) is 28.5 Å². The average Bonchev–Trinajstić information content (AvgIpc) is 2.79. The topological polar surface area (TPSA) is 77.8 Å². The first kappa shape index (κ1) is 16.8. The molecule has 5 heteroatoms. The van der Waals surface area contributed by atoms with Gasteiger partial charge in [0.2, 0.25) is 0 Å². The summed E-state index contributed by atoms with van der Waals surface area (Å²) in [6, 6.07) is 25.5. The number of aromatic amines is 2. The second-order valence-electron chi connectivity index (χ2n) is 7.55. The third-order valence-corrected chi connectivity index (χ3v) is 5.90. The fourth-order valence-electron chi connectivity index (χ4n) is 4.64. The second kappa shape index (κ2) is 6.19. The summed E-state index contributed by atoms with van der Waals surface area (Å²) >= 11 is 0. The minimum Gasteiger partial charge on any atom is -0.327 e. The van der Waals surface area contributed by atoms with Crippen molar-refractivity contribution in [2.24, 2.45) is 0 Å². The third kappa shape index (κ3) is 2.29. The summed E-state index contributed by atoms with van der Waals surface area (Å²) in [6.07, 6.45) is 0. The van der Waals surface area contributed by atoms with Crippen LogP contribution in [0.5, 0.6) is 0 Å². The van der Waals surface area contributed by atoms with Crippen LogP contribution in [0.3, 0.4) is 0 Å². The molecule has 0 aliphatic carbocycles. The van der Waals surface area contributed by atoms with Crippen LogP contribution in [0.15, 0.2) is 88.5 Å². The van der Waals surface area contributed by atoms with Crippen LogP contribution < -0.4 is 16.4 Å². The fraction of sp³-hybridized carbons (Fsp3) is 0.0400. The van der Waals surface area contributed by atoms with Gasteiger partial charge in [0, 0.05) is 27.8 Å². The van der Waals surface area contributed by atoms with Gasteiger partial charge in [0.1, 0.15) is 11.6 Å². The Morgan fingerprint density at radius 2 is 0.967 bits per heavy atom. The molecular formula is C25H17N3O2. The van der Waals surface area contributed by atoms with Gasteiger partial charge in [0.05, 0.1) is 0 Å². The molecule has 6 rings (SSSR count). The number of nitrogens with one attached hydrogen (secondary N) is 3. The highest BCUT2D eigenvalue weighted by Gasteiger charge is 2.32. The first-order chi connectivity index (χ1) is 14.7. The molecule has 144 valence electrons. The Balaban J connectivity index is 1.81. The smallest absolute Gasteiger partial charge is 0.257 e. The molecule has 30 heavy (non-hydrogen) atoms. The summed E-state index contributed by atoms with van der Waals surface area (Å²) in [7, 11) is 0. The summed E-state index contributed by atoms with van der Waals surface area (Å²) in [5.74, 6) is 1.08. The highest BCUT2D eigenvalue weighted by molar-refractivity contribution is 5.97. The van der Waals surface area contributed by atoms with Crippen LogP contribution in [0.4, 0.5) is 11.6 Å². The molecular weight excluding hydrogens is 374 g/mol. The first-order valence-electron chi connectivity index (χ1n) is 9.84. The Hall–Kier alpha value is -4.12. The number of hydrogen-bond donors (Lipinski definition) is 3. The van der Waals surface area contributed by atoms with Crippen molar-refractivity contribution in [3.05, 3.63) is 116 Å². The Bertz CT molecular complexity index is 1470. The normalized spacial score (nSPS) is 13.1. The number of H-pyrrole nitrogens is 2. The molecule has 0 amide bonds. The van der Waals surface area contributed by atoms with Crippen molar-refractivity contribution in [1.82, 2.24) is 9.97 Å². The van der Waals surface area contributed by atoms with E-state index in [-0.39, 0.29) is 17.0 Å². The number of hydrogen-bond acceptors (Lipinski definition) is 3. The lowest BCUT2D eigenvalue weighted by Crippen LogP contribution is -2.24. The molecule has 0 saturated carbocycles. The summed E-state index contributed by atoms with van der Waals surface area (Å²) in [5, 5.41) is 6.40. The lowest BCUT2D eigenvalue weighted by molar-refractivity contribution is 0.950. The molecule has 1 aliphatic rings. The Morgan fingerprint density at radius 3 is 1.47 bits per heavy atom. The predicted molar refractivity (Wildman–Crippen MR) is 120 cm³/mol. The van der Waals surface area contributed by atoms with Crippen molar-refractivity contribution >= 4 is 33.2 Å². The maximum absolute atomic E-state index is 12.7. The Kier molecular flexibility index (Phi) is 3.47. The van der Waals surface area contributed by atoms with Crippen molar-refractivity contribution in [3.8, 4) is 0 Å². The van der Waals surface area contributed by atoms with E-state index < -0.39 is 0 Å². The molecule has 3 N–H and O–H groups in total. The molecule has 0 radical (unpaired) electrons. The summed E-state index contributed by atoms with van der Waals surface area (Å²) < 4.78 is 0. The zero-order valence-electron chi connectivity index (χ0n) is 15.9. The molecule has 5 nitrogen and oxygen atoms in total. The highest BCUT2D eigenvalue weighted by Crippen LogP contribution is 2.47. The van der Waals surface area contributed by atoms with Crippen LogP contribution >= 0.6 is 0 Å². The van der Waals surface area contributed by atoms with Crippen molar-refractivity contribution in [1.29, 1.82) is 0 Å². The second-order valence-corrected chi connectivity index (χ2v) is 7.55. The van der Waals surface area contributed by atoms with Crippen molar-refractivity contribution < 1.29 is 0 Å². The summed E-state index contributed by atoms with van der Waals surface area (Å²) in [4.78, 5) is 31.4. The molecule has 3 aromatic carbocycles. The van der Waals surface area contributed by atoms with Gasteiger partial charge in [-0.3, -0.25) is 9.59 Å². The number of fused-ring (bicyclic) bond motifs is 6. The van der Waals surface area contributed by atoms with E-state index in [1.165, 1.54) is 0 Å². The molecule has 0 bridgehead atoms. The molecule has 0 unspecified atom stereocenters. The standard InChI is InChI=1S/C25H17N3O2/c29-24-17-12-6-4-10-15(17)20-19(14-8-2-1-3-9-14)21-16-11-5-7-13-18(16)25(30)28-23(21)26-22(20)27-24/h1-13,19H,(H3,26,27,28,29,30). The van der Waals surface area contributed by atoms with Gasteiger partial charge in [-0.1, -0.05) is 66.7 Å². The van der Waals surface area contributed by atoms with E-state index in [0.717, 1.165) is 27.5 Å². The van der Waals surface area contributed by atoms with Crippen LogP contribution in [0.25, 0.3) is 21.5 Å². The molecule has 0 atom stereocenters. The number of anilines is 2. The maximum Gasteiger partial charge on any atom is 0.257 e. The minimum atomic E-state index is -0.157.